The molecule has 0 amide bonds. The first-order valence-corrected chi connectivity index (χ1v) is 8.78. The predicted molar refractivity (Wildman–Crippen MR) is 105 cm³/mol. The molecule has 0 fully saturated rings. The van der Waals surface area contributed by atoms with Gasteiger partial charge in [-0.05, 0) is 24.0 Å². The van der Waals surface area contributed by atoms with Crippen molar-refractivity contribution in [2.45, 2.75) is 24.9 Å². The fourth-order valence-electron chi connectivity index (χ4n) is 2.80. The third-order valence-corrected chi connectivity index (χ3v) is 4.10. The second-order valence-electron chi connectivity index (χ2n) is 6.10. The molecule has 148 valence electrons. The zero-order valence-corrected chi connectivity index (χ0v) is 15.2. The van der Waals surface area contributed by atoms with Crippen molar-refractivity contribution in [3.05, 3.63) is 81.9 Å². The van der Waals surface area contributed by atoms with Crippen LogP contribution < -0.4 is 16.4 Å². The van der Waals surface area contributed by atoms with Crippen molar-refractivity contribution in [1.82, 2.24) is 10.6 Å². The van der Waals surface area contributed by atoms with Gasteiger partial charge in [-0.2, -0.15) is 0 Å². The van der Waals surface area contributed by atoms with E-state index in [0.29, 0.717) is 12.8 Å². The van der Waals surface area contributed by atoms with Crippen LogP contribution in [0, 0.1) is 10.1 Å². The first-order chi connectivity index (χ1) is 13.5. The SMILES string of the molecule is NC(=N[N+](=O)[O-])NCCC[C@@H](NC(c1ccccc1)c1ccccc1)C(=O)O. The molecule has 9 heteroatoms. The molecule has 0 bridgehead atoms. The minimum atomic E-state index is -0.969. The molecule has 2 aromatic carbocycles. The van der Waals surface area contributed by atoms with Crippen LogP contribution >= 0.6 is 0 Å². The summed E-state index contributed by atoms with van der Waals surface area (Å²) in [5, 5.41) is 27.7. The van der Waals surface area contributed by atoms with E-state index in [1.165, 1.54) is 0 Å². The molecule has 1 atom stereocenters. The highest BCUT2D eigenvalue weighted by molar-refractivity contribution is 5.77. The number of nitro groups is 1. The molecule has 2 rings (SSSR count). The number of hydrogen-bond donors (Lipinski definition) is 4. The molecule has 28 heavy (non-hydrogen) atoms. The number of nitrogens with zero attached hydrogens (tertiary/aromatic N) is 2. The Balaban J connectivity index is 2.05. The van der Waals surface area contributed by atoms with Crippen molar-refractivity contribution < 1.29 is 14.9 Å². The molecule has 9 nitrogen and oxygen atoms in total. The molecular weight excluding hydrogens is 362 g/mol. The van der Waals surface area contributed by atoms with Crippen LogP contribution in [0.4, 0.5) is 0 Å². The number of nitrogens with two attached hydrogens (primary N) is 1. The Kier molecular flexibility index (Phi) is 7.92. The normalized spacial score (nSPS) is 12.5. The maximum atomic E-state index is 11.8. The van der Waals surface area contributed by atoms with Crippen molar-refractivity contribution >= 4 is 11.9 Å². The van der Waals surface area contributed by atoms with E-state index in [1.54, 1.807) is 0 Å². The standard InChI is InChI=1S/C19H23N5O4/c20-19(23-24(27)28)21-13-7-12-16(18(25)26)22-17(14-8-3-1-4-9-14)15-10-5-2-6-11-15/h1-6,8-11,16-17,22H,7,12-13H2,(H,25,26)(H3,20,21,23)/t16-/m1/s1. The quantitative estimate of drug-likeness (QED) is 0.160. The summed E-state index contributed by atoms with van der Waals surface area (Å²) in [6, 6.07) is 18.1. The molecule has 2 aromatic rings. The number of aliphatic carboxylic acids is 1. The number of guanidine groups is 1. The third-order valence-electron chi connectivity index (χ3n) is 4.10. The molecule has 0 aliphatic rings. The molecule has 0 heterocycles. The fraction of sp³-hybridized carbons (Fsp3) is 0.263. The number of nitrogens with one attached hydrogen (secondary N) is 2. The van der Waals surface area contributed by atoms with Gasteiger partial charge in [0.25, 0.3) is 5.96 Å². The monoisotopic (exact) mass is 385 g/mol. The zero-order valence-electron chi connectivity index (χ0n) is 15.2. The number of carboxylic acid groups (broad SMARTS) is 1. The summed E-state index contributed by atoms with van der Waals surface area (Å²) in [4.78, 5) is 22.0. The Morgan fingerprint density at radius 3 is 2.11 bits per heavy atom. The summed E-state index contributed by atoms with van der Waals surface area (Å²) in [5.74, 6) is -1.28. The maximum Gasteiger partial charge on any atom is 0.320 e. The van der Waals surface area contributed by atoms with Gasteiger partial charge >= 0.3 is 5.97 Å². The average Bonchev–Trinajstić information content (AvgIpc) is 2.68. The molecule has 0 aliphatic heterocycles. The van der Waals surface area contributed by atoms with E-state index in [-0.39, 0.29) is 18.5 Å². The van der Waals surface area contributed by atoms with Crippen LogP contribution in [0.1, 0.15) is 30.0 Å². The summed E-state index contributed by atoms with van der Waals surface area (Å²) in [5.41, 5.74) is 7.27. The van der Waals surface area contributed by atoms with E-state index in [1.807, 2.05) is 60.7 Å². The first kappa shape index (κ1) is 20.8. The van der Waals surface area contributed by atoms with Crippen molar-refractivity contribution in [2.75, 3.05) is 6.54 Å². The highest BCUT2D eigenvalue weighted by Crippen LogP contribution is 2.23. The molecule has 0 saturated heterocycles. The number of hydrazone groups is 1. The van der Waals surface area contributed by atoms with E-state index in [4.69, 9.17) is 5.73 Å². The Hall–Kier alpha value is -3.46. The predicted octanol–water partition coefficient (Wildman–Crippen LogP) is 1.69. The highest BCUT2D eigenvalue weighted by atomic mass is 16.7. The Morgan fingerprint density at radius 2 is 1.64 bits per heavy atom. The van der Waals surface area contributed by atoms with E-state index in [2.05, 4.69) is 15.7 Å². The van der Waals surface area contributed by atoms with Crippen LogP contribution in [-0.4, -0.2) is 34.7 Å². The molecule has 5 N–H and O–H groups in total. The van der Waals surface area contributed by atoms with Gasteiger partial charge in [-0.1, -0.05) is 60.7 Å². The lowest BCUT2D eigenvalue weighted by atomic mass is 9.97. The van der Waals surface area contributed by atoms with Gasteiger partial charge in [-0.25, -0.2) is 10.1 Å². The van der Waals surface area contributed by atoms with Crippen molar-refractivity contribution in [2.24, 2.45) is 10.8 Å². The minimum absolute atomic E-state index is 0.274. The smallest absolute Gasteiger partial charge is 0.320 e. The Bertz CT molecular complexity index is 759. The van der Waals surface area contributed by atoms with Gasteiger partial charge in [0.15, 0.2) is 5.03 Å². The van der Waals surface area contributed by atoms with Crippen molar-refractivity contribution in [1.29, 1.82) is 0 Å². The van der Waals surface area contributed by atoms with Crippen LogP contribution in [0.5, 0.6) is 0 Å². The van der Waals surface area contributed by atoms with E-state index in [9.17, 15) is 20.0 Å². The lowest BCUT2D eigenvalue weighted by Crippen LogP contribution is -2.40. The molecule has 0 aromatic heterocycles. The van der Waals surface area contributed by atoms with Gasteiger partial charge in [0, 0.05) is 6.54 Å². The van der Waals surface area contributed by atoms with Gasteiger partial charge in [0.05, 0.1) is 6.04 Å². The third kappa shape index (κ3) is 6.69. The topological polar surface area (TPSA) is 143 Å². The number of benzene rings is 2. The first-order valence-electron chi connectivity index (χ1n) is 8.78. The Labute approximate surface area is 162 Å². The largest absolute Gasteiger partial charge is 0.480 e. The Morgan fingerprint density at radius 1 is 1.11 bits per heavy atom. The van der Waals surface area contributed by atoms with Gasteiger partial charge in [-0.3, -0.25) is 10.1 Å². The van der Waals surface area contributed by atoms with Crippen LogP contribution in [0.3, 0.4) is 0 Å². The van der Waals surface area contributed by atoms with Gasteiger partial charge in [0.2, 0.25) is 0 Å². The fourth-order valence-corrected chi connectivity index (χ4v) is 2.80. The summed E-state index contributed by atoms with van der Waals surface area (Å²) in [7, 11) is 0. The van der Waals surface area contributed by atoms with Gasteiger partial charge in [-0.15, -0.1) is 0 Å². The molecule has 0 radical (unpaired) electrons. The average molecular weight is 385 g/mol. The molecule has 0 spiro atoms. The number of hydrogen-bond acceptors (Lipinski definition) is 4. The zero-order chi connectivity index (χ0) is 20.4. The molecule has 0 saturated carbocycles. The second kappa shape index (κ2) is 10.6. The van der Waals surface area contributed by atoms with Crippen LogP contribution in [0.25, 0.3) is 0 Å². The number of carboxylic acids is 1. The van der Waals surface area contributed by atoms with E-state index in [0.717, 1.165) is 11.1 Å². The minimum Gasteiger partial charge on any atom is -0.480 e. The summed E-state index contributed by atoms with van der Waals surface area (Å²) in [6.45, 7) is 0.274. The summed E-state index contributed by atoms with van der Waals surface area (Å²) in [6.07, 6.45) is 0.748. The maximum absolute atomic E-state index is 11.8. The van der Waals surface area contributed by atoms with Gasteiger partial charge < -0.3 is 16.2 Å². The van der Waals surface area contributed by atoms with E-state index < -0.39 is 17.0 Å². The van der Waals surface area contributed by atoms with Crippen molar-refractivity contribution in [3.63, 3.8) is 0 Å². The number of rotatable bonds is 10. The summed E-state index contributed by atoms with van der Waals surface area (Å²) < 4.78 is 0. The lowest BCUT2D eigenvalue weighted by Gasteiger charge is -2.24. The lowest BCUT2D eigenvalue weighted by molar-refractivity contribution is -0.485. The van der Waals surface area contributed by atoms with E-state index >= 15 is 0 Å². The van der Waals surface area contributed by atoms with Gasteiger partial charge in [0.1, 0.15) is 11.1 Å². The van der Waals surface area contributed by atoms with Crippen LogP contribution in [0.2, 0.25) is 0 Å². The molecular formula is C19H23N5O4. The second-order valence-corrected chi connectivity index (χ2v) is 6.10. The van der Waals surface area contributed by atoms with Crippen LogP contribution in [0.15, 0.2) is 65.8 Å². The van der Waals surface area contributed by atoms with Crippen LogP contribution in [-0.2, 0) is 4.79 Å². The molecule has 0 unspecified atom stereocenters. The highest BCUT2D eigenvalue weighted by Gasteiger charge is 2.23. The van der Waals surface area contributed by atoms with Crippen molar-refractivity contribution in [3.8, 4) is 0 Å². The number of carbonyl (C=O) groups is 1. The summed E-state index contributed by atoms with van der Waals surface area (Å²) >= 11 is 0. The molecule has 0 aliphatic carbocycles.